The number of hydrogen-bond acceptors (Lipinski definition) is 5. The second-order valence-electron chi connectivity index (χ2n) is 4.85. The maximum absolute atomic E-state index is 12.6. The molecule has 7 heteroatoms. The van der Waals surface area contributed by atoms with E-state index in [1.165, 1.54) is 10.4 Å². The van der Waals surface area contributed by atoms with Crippen LogP contribution < -0.4 is 9.47 Å². The number of nitrogens with zero attached hydrogens (tertiary/aromatic N) is 1. The third kappa shape index (κ3) is 2.36. The molecule has 2 heterocycles. The Morgan fingerprint density at radius 1 is 1.20 bits per heavy atom. The lowest BCUT2D eigenvalue weighted by Gasteiger charge is -2.30. The van der Waals surface area contributed by atoms with Crippen LogP contribution in [0.15, 0.2) is 23.1 Å². The molecule has 2 aliphatic heterocycles. The number of ether oxygens (including phenoxy) is 3. The smallest absolute Gasteiger partial charge is 0.243 e. The lowest BCUT2D eigenvalue weighted by atomic mass is 10.1. The summed E-state index contributed by atoms with van der Waals surface area (Å²) >= 11 is 0. The van der Waals surface area contributed by atoms with Crippen molar-refractivity contribution in [1.82, 2.24) is 4.31 Å². The Kier molecular flexibility index (Phi) is 3.57. The van der Waals surface area contributed by atoms with Gasteiger partial charge in [-0.3, -0.25) is 0 Å². The van der Waals surface area contributed by atoms with Gasteiger partial charge in [-0.25, -0.2) is 8.42 Å². The van der Waals surface area contributed by atoms with E-state index >= 15 is 0 Å². The van der Waals surface area contributed by atoms with Crippen LogP contribution in [0, 0.1) is 0 Å². The first-order chi connectivity index (χ1) is 9.61. The number of hydrogen-bond donors (Lipinski definition) is 0. The summed E-state index contributed by atoms with van der Waals surface area (Å²) in [7, 11) is -1.81. The van der Waals surface area contributed by atoms with Gasteiger partial charge in [0.1, 0.15) is 0 Å². The van der Waals surface area contributed by atoms with Gasteiger partial charge in [0, 0.05) is 26.3 Å². The van der Waals surface area contributed by atoms with Crippen molar-refractivity contribution in [3.63, 3.8) is 0 Å². The quantitative estimate of drug-likeness (QED) is 0.839. The normalized spacial score (nSPS) is 20.2. The maximum Gasteiger partial charge on any atom is 0.243 e. The molecule has 0 aromatic heterocycles. The Labute approximate surface area is 118 Å². The van der Waals surface area contributed by atoms with Crippen LogP contribution in [-0.4, -0.2) is 45.8 Å². The average Bonchev–Trinajstić information content (AvgIpc) is 2.94. The van der Waals surface area contributed by atoms with Crippen molar-refractivity contribution in [2.75, 3.05) is 27.0 Å². The molecule has 0 amide bonds. The van der Waals surface area contributed by atoms with Crippen molar-refractivity contribution in [3.8, 4) is 11.5 Å². The van der Waals surface area contributed by atoms with E-state index in [0.717, 1.165) is 12.8 Å². The summed E-state index contributed by atoms with van der Waals surface area (Å²) in [6.45, 7) is 1.10. The molecule has 0 unspecified atom stereocenters. The highest BCUT2D eigenvalue weighted by atomic mass is 32.2. The molecule has 3 rings (SSSR count). The molecular formula is C13H17NO5S. The van der Waals surface area contributed by atoms with Gasteiger partial charge in [0.25, 0.3) is 0 Å². The summed E-state index contributed by atoms with van der Waals surface area (Å²) in [5.74, 6) is 1.07. The third-order valence-electron chi connectivity index (χ3n) is 3.72. The standard InChI is InChI=1S/C13H17NO5S/c1-17-10-4-6-14(7-5-10)20(15,16)11-2-3-12-13(8-11)19-9-18-12/h2-3,8,10H,4-7,9H2,1H3. The first-order valence-corrected chi connectivity index (χ1v) is 7.98. The van der Waals surface area contributed by atoms with Crippen molar-refractivity contribution in [2.24, 2.45) is 0 Å². The SMILES string of the molecule is COC1CCN(S(=O)(=O)c2ccc3c(c2)OCO3)CC1. The van der Waals surface area contributed by atoms with Crippen molar-refractivity contribution in [1.29, 1.82) is 0 Å². The van der Waals surface area contributed by atoms with Crippen molar-refractivity contribution >= 4 is 10.0 Å². The molecule has 0 spiro atoms. The van der Waals surface area contributed by atoms with Crippen LogP contribution in [-0.2, 0) is 14.8 Å². The van der Waals surface area contributed by atoms with Crippen molar-refractivity contribution in [2.45, 2.75) is 23.8 Å². The zero-order valence-corrected chi connectivity index (χ0v) is 12.1. The number of piperidine rings is 1. The minimum absolute atomic E-state index is 0.137. The second kappa shape index (κ2) is 5.23. The van der Waals surface area contributed by atoms with Gasteiger partial charge in [-0.05, 0) is 25.0 Å². The largest absolute Gasteiger partial charge is 0.454 e. The molecule has 6 nitrogen and oxygen atoms in total. The first kappa shape index (κ1) is 13.7. The van der Waals surface area contributed by atoms with Gasteiger partial charge in [-0.2, -0.15) is 4.31 Å². The van der Waals surface area contributed by atoms with Crippen LogP contribution in [0.25, 0.3) is 0 Å². The number of fused-ring (bicyclic) bond motifs is 1. The molecule has 0 radical (unpaired) electrons. The number of rotatable bonds is 3. The van der Waals surface area contributed by atoms with Gasteiger partial charge in [-0.15, -0.1) is 0 Å². The number of benzene rings is 1. The predicted octanol–water partition coefficient (Wildman–Crippen LogP) is 1.21. The first-order valence-electron chi connectivity index (χ1n) is 6.54. The van der Waals surface area contributed by atoms with Crippen molar-refractivity contribution < 1.29 is 22.6 Å². The van der Waals surface area contributed by atoms with E-state index in [1.54, 1.807) is 19.2 Å². The molecule has 0 aliphatic carbocycles. The molecule has 1 fully saturated rings. The predicted molar refractivity (Wildman–Crippen MR) is 71.4 cm³/mol. The molecule has 110 valence electrons. The highest BCUT2D eigenvalue weighted by Crippen LogP contribution is 2.35. The van der Waals surface area contributed by atoms with E-state index in [9.17, 15) is 8.42 Å². The van der Waals surface area contributed by atoms with E-state index in [1.807, 2.05) is 0 Å². The fourth-order valence-electron chi connectivity index (χ4n) is 2.49. The Hall–Kier alpha value is -1.31. The Morgan fingerprint density at radius 2 is 1.90 bits per heavy atom. The minimum atomic E-state index is -3.47. The molecule has 20 heavy (non-hydrogen) atoms. The number of methoxy groups -OCH3 is 1. The lowest BCUT2D eigenvalue weighted by Crippen LogP contribution is -2.40. The second-order valence-corrected chi connectivity index (χ2v) is 6.79. The molecular weight excluding hydrogens is 282 g/mol. The molecule has 1 aromatic carbocycles. The van der Waals surface area contributed by atoms with Crippen LogP contribution in [0.2, 0.25) is 0 Å². The Balaban J connectivity index is 1.82. The van der Waals surface area contributed by atoms with Crippen LogP contribution in [0.4, 0.5) is 0 Å². The van der Waals surface area contributed by atoms with E-state index in [-0.39, 0.29) is 17.8 Å². The van der Waals surface area contributed by atoms with Crippen LogP contribution >= 0.6 is 0 Å². The van der Waals surface area contributed by atoms with Crippen molar-refractivity contribution in [3.05, 3.63) is 18.2 Å². The summed E-state index contributed by atoms with van der Waals surface area (Å²) in [5, 5.41) is 0. The van der Waals surface area contributed by atoms with Gasteiger partial charge in [0.05, 0.1) is 11.0 Å². The molecule has 1 saturated heterocycles. The summed E-state index contributed by atoms with van der Waals surface area (Å²) in [6.07, 6.45) is 1.60. The van der Waals surface area contributed by atoms with Gasteiger partial charge in [0.15, 0.2) is 11.5 Å². The van der Waals surface area contributed by atoms with Crippen LogP contribution in [0.3, 0.4) is 0 Å². The fourth-order valence-corrected chi connectivity index (χ4v) is 3.98. The van der Waals surface area contributed by atoms with E-state index in [0.29, 0.717) is 24.6 Å². The summed E-state index contributed by atoms with van der Waals surface area (Å²) in [4.78, 5) is 0.248. The molecule has 0 N–H and O–H groups in total. The van der Waals surface area contributed by atoms with Gasteiger partial charge < -0.3 is 14.2 Å². The molecule has 0 atom stereocenters. The molecule has 2 aliphatic rings. The summed E-state index contributed by atoms with van der Waals surface area (Å²) < 4.78 is 42.3. The van der Waals surface area contributed by atoms with E-state index in [4.69, 9.17) is 14.2 Å². The fraction of sp³-hybridized carbons (Fsp3) is 0.538. The highest BCUT2D eigenvalue weighted by molar-refractivity contribution is 7.89. The Morgan fingerprint density at radius 3 is 2.60 bits per heavy atom. The van der Waals surface area contributed by atoms with Gasteiger partial charge >= 0.3 is 0 Å². The zero-order valence-electron chi connectivity index (χ0n) is 11.2. The van der Waals surface area contributed by atoms with E-state index in [2.05, 4.69) is 0 Å². The maximum atomic E-state index is 12.6. The van der Waals surface area contributed by atoms with Crippen LogP contribution in [0.1, 0.15) is 12.8 Å². The van der Waals surface area contributed by atoms with Gasteiger partial charge in [0.2, 0.25) is 16.8 Å². The molecule has 1 aromatic rings. The Bertz CT molecular complexity index is 593. The minimum Gasteiger partial charge on any atom is -0.454 e. The average molecular weight is 299 g/mol. The highest BCUT2D eigenvalue weighted by Gasteiger charge is 2.30. The molecule has 0 saturated carbocycles. The topological polar surface area (TPSA) is 65.1 Å². The number of sulfonamides is 1. The van der Waals surface area contributed by atoms with Gasteiger partial charge in [-0.1, -0.05) is 0 Å². The van der Waals surface area contributed by atoms with Crippen LogP contribution in [0.5, 0.6) is 11.5 Å². The summed E-state index contributed by atoms with van der Waals surface area (Å²) in [5.41, 5.74) is 0. The molecule has 0 bridgehead atoms. The zero-order chi connectivity index (χ0) is 14.2. The van der Waals surface area contributed by atoms with E-state index < -0.39 is 10.0 Å². The third-order valence-corrected chi connectivity index (χ3v) is 5.61. The lowest BCUT2D eigenvalue weighted by molar-refractivity contribution is 0.0604. The monoisotopic (exact) mass is 299 g/mol. The summed E-state index contributed by atoms with van der Waals surface area (Å²) in [6, 6.07) is 4.72.